The van der Waals surface area contributed by atoms with E-state index in [1.165, 1.54) is 0 Å². The van der Waals surface area contributed by atoms with Crippen molar-refractivity contribution >= 4 is 5.91 Å². The van der Waals surface area contributed by atoms with Crippen LogP contribution in [0.4, 0.5) is 0 Å². The largest absolute Gasteiger partial charge is 0.478 e. The summed E-state index contributed by atoms with van der Waals surface area (Å²) in [6, 6.07) is 8.69. The fraction of sp³-hybridized carbons (Fsp3) is 0.400. The summed E-state index contributed by atoms with van der Waals surface area (Å²) in [7, 11) is 0. The molecule has 0 radical (unpaired) electrons. The molecule has 0 aromatic heterocycles. The lowest BCUT2D eigenvalue weighted by atomic mass is 9.93. The Kier molecular flexibility index (Phi) is 3.46. The Morgan fingerprint density at radius 3 is 2.90 bits per heavy atom. The quantitative estimate of drug-likeness (QED) is 0.656. The second kappa shape index (κ2) is 5.26. The average Bonchev–Trinajstić information content (AvgIpc) is 2.46. The minimum absolute atomic E-state index is 0.102. The first-order valence-corrected chi connectivity index (χ1v) is 6.67. The highest BCUT2D eigenvalue weighted by molar-refractivity contribution is 5.89. The highest BCUT2D eigenvalue weighted by Gasteiger charge is 2.56. The summed E-state index contributed by atoms with van der Waals surface area (Å²) in [6.07, 6.45) is 0.454. The maximum absolute atomic E-state index is 12.1. The number of nitrogens with zero attached hydrogens (tertiary/aromatic N) is 1. The molecule has 0 spiro atoms. The van der Waals surface area contributed by atoms with E-state index in [9.17, 15) is 9.90 Å². The lowest BCUT2D eigenvalue weighted by Gasteiger charge is -2.52. The minimum Gasteiger partial charge on any atom is -0.478 e. The molecule has 2 saturated heterocycles. The number of hydrogen-bond acceptors (Lipinski definition) is 4. The van der Waals surface area contributed by atoms with E-state index in [0.29, 0.717) is 18.7 Å². The predicted molar refractivity (Wildman–Crippen MR) is 72.1 cm³/mol. The molecule has 0 saturated carbocycles. The molecule has 106 valence electrons. The molecule has 4 atom stereocenters. The molecule has 3 rings (SSSR count). The van der Waals surface area contributed by atoms with Crippen LogP contribution in [0.5, 0.6) is 5.75 Å². The molecule has 1 aromatic carbocycles. The van der Waals surface area contributed by atoms with Crippen molar-refractivity contribution in [2.45, 2.75) is 31.0 Å². The van der Waals surface area contributed by atoms with Crippen LogP contribution in [0.25, 0.3) is 0 Å². The van der Waals surface area contributed by atoms with Crippen molar-refractivity contribution < 1.29 is 19.4 Å². The van der Waals surface area contributed by atoms with Gasteiger partial charge in [-0.15, -0.1) is 6.58 Å². The van der Waals surface area contributed by atoms with Crippen LogP contribution in [0.2, 0.25) is 0 Å². The van der Waals surface area contributed by atoms with Gasteiger partial charge in [0, 0.05) is 6.54 Å². The lowest BCUT2D eigenvalue weighted by Crippen LogP contribution is -2.75. The Balaban J connectivity index is 1.69. The van der Waals surface area contributed by atoms with Crippen LogP contribution in [-0.4, -0.2) is 47.0 Å². The number of carbonyl (C=O) groups excluding carboxylic acids is 1. The van der Waals surface area contributed by atoms with Crippen molar-refractivity contribution in [3.63, 3.8) is 0 Å². The van der Waals surface area contributed by atoms with E-state index in [4.69, 9.17) is 9.47 Å². The van der Waals surface area contributed by atoms with Crippen LogP contribution in [0.1, 0.15) is 6.42 Å². The molecule has 2 aliphatic rings. The number of ether oxygens (including phenoxy) is 2. The fourth-order valence-electron chi connectivity index (χ4n) is 2.67. The summed E-state index contributed by atoms with van der Waals surface area (Å²) in [5, 5.41) is 10.0. The molecular formula is C15H17NO4. The van der Waals surface area contributed by atoms with Gasteiger partial charge in [0.2, 0.25) is 6.10 Å². The average molecular weight is 275 g/mol. The third-order valence-corrected chi connectivity index (χ3v) is 3.66. The number of rotatable bonds is 4. The van der Waals surface area contributed by atoms with Crippen molar-refractivity contribution in [1.82, 2.24) is 4.90 Å². The first kappa shape index (κ1) is 13.1. The van der Waals surface area contributed by atoms with Crippen molar-refractivity contribution in [2.24, 2.45) is 0 Å². The number of carbonyl (C=O) groups is 1. The molecule has 2 aliphatic heterocycles. The van der Waals surface area contributed by atoms with Crippen LogP contribution < -0.4 is 4.74 Å². The maximum Gasteiger partial charge on any atom is 0.266 e. The van der Waals surface area contributed by atoms with E-state index < -0.39 is 18.4 Å². The number of benzene rings is 1. The minimum atomic E-state index is -1.01. The lowest BCUT2D eigenvalue weighted by molar-refractivity contribution is -0.254. The monoisotopic (exact) mass is 275 g/mol. The topological polar surface area (TPSA) is 59.0 Å². The van der Waals surface area contributed by atoms with Crippen molar-refractivity contribution in [1.29, 1.82) is 0 Å². The number of aliphatic hydroxyl groups is 1. The molecule has 1 amide bonds. The van der Waals surface area contributed by atoms with Crippen LogP contribution >= 0.6 is 0 Å². The van der Waals surface area contributed by atoms with E-state index in [1.54, 1.807) is 23.1 Å². The zero-order chi connectivity index (χ0) is 14.1. The van der Waals surface area contributed by atoms with Crippen LogP contribution in [-0.2, 0) is 9.53 Å². The van der Waals surface area contributed by atoms with Gasteiger partial charge in [-0.25, -0.2) is 0 Å². The molecular weight excluding hydrogens is 258 g/mol. The van der Waals surface area contributed by atoms with E-state index in [2.05, 4.69) is 6.58 Å². The first-order chi connectivity index (χ1) is 9.70. The third-order valence-electron chi connectivity index (χ3n) is 3.66. The van der Waals surface area contributed by atoms with Gasteiger partial charge in [-0.05, 0) is 18.6 Å². The molecule has 1 N–H and O–H groups in total. The van der Waals surface area contributed by atoms with Crippen LogP contribution in [0.3, 0.4) is 0 Å². The van der Waals surface area contributed by atoms with Gasteiger partial charge in [-0.2, -0.15) is 0 Å². The zero-order valence-electron chi connectivity index (χ0n) is 11.0. The molecule has 5 heteroatoms. The molecule has 1 aromatic rings. The molecule has 20 heavy (non-hydrogen) atoms. The van der Waals surface area contributed by atoms with Gasteiger partial charge >= 0.3 is 0 Å². The van der Waals surface area contributed by atoms with Gasteiger partial charge in [-0.1, -0.05) is 24.3 Å². The highest BCUT2D eigenvalue weighted by Crippen LogP contribution is 2.33. The molecule has 0 bridgehead atoms. The Bertz CT molecular complexity index is 504. The number of para-hydroxylation sites is 1. The Morgan fingerprint density at radius 1 is 1.45 bits per heavy atom. The van der Waals surface area contributed by atoms with Crippen molar-refractivity contribution in [3.8, 4) is 5.75 Å². The number of fused-ring (bicyclic) bond motifs is 1. The number of hydrogen-bond donors (Lipinski definition) is 1. The van der Waals surface area contributed by atoms with E-state index >= 15 is 0 Å². The van der Waals surface area contributed by atoms with Gasteiger partial charge in [0.25, 0.3) is 5.91 Å². The number of amides is 1. The zero-order valence-corrected chi connectivity index (χ0v) is 11.0. The summed E-state index contributed by atoms with van der Waals surface area (Å²) >= 11 is 0. The molecule has 1 unspecified atom stereocenters. The first-order valence-electron chi connectivity index (χ1n) is 6.67. The SMILES string of the molecule is C=CC[C@@H]1CN2C(=O)[C@H](Oc3ccccc3)[C@@H]2C(O)O1. The summed E-state index contributed by atoms with van der Waals surface area (Å²) in [5.41, 5.74) is 0. The summed E-state index contributed by atoms with van der Waals surface area (Å²) in [6.45, 7) is 4.12. The summed E-state index contributed by atoms with van der Waals surface area (Å²) < 4.78 is 11.1. The Morgan fingerprint density at radius 2 is 2.20 bits per heavy atom. The second-order valence-electron chi connectivity index (χ2n) is 5.01. The normalized spacial score (nSPS) is 32.2. The summed E-state index contributed by atoms with van der Waals surface area (Å²) in [4.78, 5) is 13.7. The van der Waals surface area contributed by atoms with Crippen molar-refractivity contribution in [2.75, 3.05) is 6.54 Å². The van der Waals surface area contributed by atoms with Crippen molar-refractivity contribution in [3.05, 3.63) is 43.0 Å². The Labute approximate surface area is 117 Å². The van der Waals surface area contributed by atoms with Crippen LogP contribution in [0.15, 0.2) is 43.0 Å². The standard InChI is InChI=1S/C15H17NO4/c1-2-6-11-9-16-12(15(18)20-11)13(14(16)17)19-10-7-4-3-5-8-10/h2-5,7-8,11-13,15,18H,1,6,9H2/t11-,12-,13-,15?/m1/s1. The maximum atomic E-state index is 12.1. The number of β-lactam (4-membered cyclic amide) rings is 1. The molecule has 0 aliphatic carbocycles. The van der Waals surface area contributed by atoms with Crippen LogP contribution in [0, 0.1) is 0 Å². The molecule has 5 nitrogen and oxygen atoms in total. The van der Waals surface area contributed by atoms with E-state index in [-0.39, 0.29) is 12.0 Å². The Hall–Kier alpha value is -1.85. The number of morpholine rings is 1. The fourth-order valence-corrected chi connectivity index (χ4v) is 2.67. The third kappa shape index (κ3) is 2.19. The molecule has 2 heterocycles. The van der Waals surface area contributed by atoms with E-state index in [1.807, 2.05) is 18.2 Å². The summed E-state index contributed by atoms with van der Waals surface area (Å²) in [5.74, 6) is 0.515. The number of aliphatic hydroxyl groups excluding tert-OH is 1. The second-order valence-corrected chi connectivity index (χ2v) is 5.01. The van der Waals surface area contributed by atoms with Gasteiger partial charge in [-0.3, -0.25) is 4.79 Å². The van der Waals surface area contributed by atoms with Gasteiger partial charge in [0.05, 0.1) is 6.10 Å². The smallest absolute Gasteiger partial charge is 0.266 e. The van der Waals surface area contributed by atoms with Gasteiger partial charge < -0.3 is 19.5 Å². The van der Waals surface area contributed by atoms with Gasteiger partial charge in [0.1, 0.15) is 11.8 Å². The molecule has 2 fully saturated rings. The highest BCUT2D eigenvalue weighted by atomic mass is 16.6. The van der Waals surface area contributed by atoms with E-state index in [0.717, 1.165) is 0 Å². The van der Waals surface area contributed by atoms with Gasteiger partial charge in [0.15, 0.2) is 6.29 Å². The predicted octanol–water partition coefficient (Wildman–Crippen LogP) is 0.938.